The summed E-state index contributed by atoms with van der Waals surface area (Å²) in [7, 11) is 1.55. The average molecular weight is 492 g/mol. The van der Waals surface area contributed by atoms with Gasteiger partial charge in [-0.3, -0.25) is 4.79 Å². The molecule has 1 amide bonds. The van der Waals surface area contributed by atoms with Crippen molar-refractivity contribution >= 4 is 24.3 Å². The maximum absolute atomic E-state index is 12.8. The van der Waals surface area contributed by atoms with Gasteiger partial charge in [-0.1, -0.05) is 20.8 Å². The van der Waals surface area contributed by atoms with Crippen molar-refractivity contribution in [2.45, 2.75) is 65.8 Å². The van der Waals surface area contributed by atoms with Gasteiger partial charge in [-0.05, 0) is 49.8 Å². The van der Waals surface area contributed by atoms with E-state index in [0.717, 1.165) is 63.8 Å². The number of likely N-dealkylation sites (tertiary alicyclic amines) is 1. The topological polar surface area (TPSA) is 78.4 Å². The molecule has 2 aliphatic rings. The molecule has 194 valence electrons. The molecule has 0 unspecified atom stereocenters. The number of anilines is 2. The van der Waals surface area contributed by atoms with Crippen LogP contribution in [-0.4, -0.2) is 60.3 Å². The van der Waals surface area contributed by atoms with E-state index in [2.05, 4.69) is 32.0 Å². The summed E-state index contributed by atoms with van der Waals surface area (Å²) in [6, 6.07) is 2.74. The van der Waals surface area contributed by atoms with Crippen molar-refractivity contribution in [3.63, 3.8) is 0 Å². The molecule has 1 N–H and O–H groups in total. The molecule has 1 aromatic heterocycles. The highest BCUT2D eigenvalue weighted by molar-refractivity contribution is 5.78. The lowest BCUT2D eigenvalue weighted by Crippen LogP contribution is -2.45. The summed E-state index contributed by atoms with van der Waals surface area (Å²) in [5.74, 6) is 0.350. The largest absolute Gasteiger partial charge is 0.386 e. The van der Waals surface area contributed by atoms with Crippen LogP contribution in [0, 0.1) is 18.6 Å². The minimum Gasteiger partial charge on any atom is -0.386 e. The molecule has 4 rings (SSSR count). The quantitative estimate of drug-likeness (QED) is 0.663. The number of hydrogen-bond acceptors (Lipinski definition) is 6. The van der Waals surface area contributed by atoms with E-state index >= 15 is 0 Å². The third-order valence-electron chi connectivity index (χ3n) is 5.92. The van der Waals surface area contributed by atoms with Gasteiger partial charge in [0.15, 0.2) is 0 Å². The van der Waals surface area contributed by atoms with Crippen LogP contribution in [0.1, 0.15) is 57.6 Å². The predicted octanol–water partition coefficient (Wildman–Crippen LogP) is 4.79. The van der Waals surface area contributed by atoms with Crippen LogP contribution in [0.5, 0.6) is 0 Å². The number of carbonyl (C=O) groups is 2. The van der Waals surface area contributed by atoms with E-state index in [1.165, 1.54) is 18.6 Å². The summed E-state index contributed by atoms with van der Waals surface area (Å²) >= 11 is 0. The number of benzene rings is 1. The minimum absolute atomic E-state index is 0.188. The van der Waals surface area contributed by atoms with E-state index in [4.69, 9.17) is 4.79 Å². The molecule has 9 heteroatoms. The van der Waals surface area contributed by atoms with E-state index < -0.39 is 11.6 Å². The Bertz CT molecular complexity index is 903. The smallest absolute Gasteiger partial charge is 0.225 e. The second-order valence-corrected chi connectivity index (χ2v) is 7.99. The molecule has 2 fully saturated rings. The number of nitrogens with zero attached hydrogens (tertiary/aromatic N) is 4. The van der Waals surface area contributed by atoms with Gasteiger partial charge >= 0.3 is 0 Å². The second-order valence-electron chi connectivity index (χ2n) is 7.99. The Morgan fingerprint density at radius 2 is 1.66 bits per heavy atom. The van der Waals surface area contributed by atoms with E-state index in [1.807, 2.05) is 33.0 Å². The molecule has 0 aliphatic carbocycles. The molecular weight excluding hydrogens is 452 g/mol. The van der Waals surface area contributed by atoms with Crippen molar-refractivity contribution in [2.24, 2.45) is 0 Å². The molecular formula is C26H39F2N5O2. The van der Waals surface area contributed by atoms with Gasteiger partial charge in [0.05, 0.1) is 5.69 Å². The number of aromatic nitrogens is 2. The monoisotopic (exact) mass is 491 g/mol. The molecule has 3 heterocycles. The first-order chi connectivity index (χ1) is 16.9. The number of carbonyl (C=O) groups excluding carboxylic acids is 2. The SMILES string of the molecule is C=O.CC.CCc1cnc(N2CCC(N3CCCC3=O)CC2)nc1.CNc1cc(F)c(C)cc1F. The Labute approximate surface area is 207 Å². The maximum Gasteiger partial charge on any atom is 0.225 e. The van der Waals surface area contributed by atoms with Crippen molar-refractivity contribution in [3.05, 3.63) is 47.3 Å². The lowest BCUT2D eigenvalue weighted by molar-refractivity contribution is -0.130. The first-order valence-corrected chi connectivity index (χ1v) is 12.2. The fourth-order valence-electron chi connectivity index (χ4n) is 3.96. The van der Waals surface area contributed by atoms with Crippen LogP contribution in [0.2, 0.25) is 0 Å². The molecule has 2 saturated heterocycles. The number of piperidine rings is 1. The van der Waals surface area contributed by atoms with Crippen molar-refractivity contribution in [1.82, 2.24) is 14.9 Å². The van der Waals surface area contributed by atoms with E-state index in [-0.39, 0.29) is 5.69 Å². The summed E-state index contributed by atoms with van der Waals surface area (Å²) in [6.45, 7) is 12.5. The summed E-state index contributed by atoms with van der Waals surface area (Å²) in [6.07, 6.45) is 8.63. The molecule has 0 saturated carbocycles. The molecule has 0 radical (unpaired) electrons. The lowest BCUT2D eigenvalue weighted by Gasteiger charge is -2.36. The Morgan fingerprint density at radius 3 is 2.14 bits per heavy atom. The standard InChI is InChI=1S/C15H22N4O.C8H9F2N.C2H6.CH2O/c1-2-12-10-16-15(17-11-12)18-8-5-13(6-9-18)19-7-3-4-14(19)20;1-5-3-7(10)8(11-2)4-6(5)9;2*1-2/h10-11,13H,2-9H2,1H3;3-4,11H,1-2H3;1-2H3;1H2. The summed E-state index contributed by atoms with van der Waals surface area (Å²) < 4.78 is 25.5. The zero-order valence-electron chi connectivity index (χ0n) is 21.6. The van der Waals surface area contributed by atoms with Gasteiger partial charge in [0, 0.05) is 57.6 Å². The fourth-order valence-corrected chi connectivity index (χ4v) is 3.96. The zero-order chi connectivity index (χ0) is 26.4. The van der Waals surface area contributed by atoms with Crippen molar-refractivity contribution in [3.8, 4) is 0 Å². The number of halogens is 2. The Kier molecular flexibility index (Phi) is 13.5. The number of aryl methyl sites for hydroxylation is 2. The molecule has 2 aromatic rings. The number of rotatable bonds is 4. The molecule has 1 aromatic carbocycles. The van der Waals surface area contributed by atoms with E-state index in [9.17, 15) is 13.6 Å². The number of amides is 1. The van der Waals surface area contributed by atoms with Crippen LogP contribution >= 0.6 is 0 Å². The van der Waals surface area contributed by atoms with Crippen LogP contribution in [0.25, 0.3) is 0 Å². The molecule has 0 bridgehead atoms. The number of hydrogen-bond donors (Lipinski definition) is 1. The van der Waals surface area contributed by atoms with Gasteiger partial charge in [-0.15, -0.1) is 0 Å². The highest BCUT2D eigenvalue weighted by Gasteiger charge is 2.31. The van der Waals surface area contributed by atoms with Crippen molar-refractivity contribution < 1.29 is 18.4 Å². The maximum atomic E-state index is 12.8. The molecule has 2 aliphatic heterocycles. The van der Waals surface area contributed by atoms with Crippen LogP contribution < -0.4 is 10.2 Å². The highest BCUT2D eigenvalue weighted by atomic mass is 19.1. The fraction of sp³-hybridized carbons (Fsp3) is 0.538. The highest BCUT2D eigenvalue weighted by Crippen LogP contribution is 2.23. The first-order valence-electron chi connectivity index (χ1n) is 12.2. The van der Waals surface area contributed by atoms with Gasteiger partial charge < -0.3 is 19.9 Å². The zero-order valence-corrected chi connectivity index (χ0v) is 21.6. The van der Waals surface area contributed by atoms with Crippen LogP contribution in [0.15, 0.2) is 24.5 Å². The van der Waals surface area contributed by atoms with Gasteiger partial charge in [-0.25, -0.2) is 18.7 Å². The van der Waals surface area contributed by atoms with E-state index in [0.29, 0.717) is 17.5 Å². The van der Waals surface area contributed by atoms with Crippen molar-refractivity contribution in [2.75, 3.05) is 36.9 Å². The van der Waals surface area contributed by atoms with Crippen LogP contribution in [0.4, 0.5) is 20.4 Å². The van der Waals surface area contributed by atoms with Crippen LogP contribution in [-0.2, 0) is 16.0 Å². The Balaban J connectivity index is 0.000000347. The van der Waals surface area contributed by atoms with Crippen LogP contribution in [0.3, 0.4) is 0 Å². The first kappa shape index (κ1) is 29.9. The van der Waals surface area contributed by atoms with E-state index in [1.54, 1.807) is 7.05 Å². The van der Waals surface area contributed by atoms with Gasteiger partial charge in [0.2, 0.25) is 11.9 Å². The number of nitrogens with one attached hydrogen (secondary N) is 1. The summed E-state index contributed by atoms with van der Waals surface area (Å²) in [5, 5.41) is 2.55. The molecule has 35 heavy (non-hydrogen) atoms. The second kappa shape index (κ2) is 15.7. The summed E-state index contributed by atoms with van der Waals surface area (Å²) in [4.78, 5) is 33.0. The lowest BCUT2D eigenvalue weighted by atomic mass is 10.0. The minimum atomic E-state index is -0.425. The Hall–Kier alpha value is -3.10. The van der Waals surface area contributed by atoms with Crippen molar-refractivity contribution in [1.29, 1.82) is 0 Å². The molecule has 0 spiro atoms. The normalized spacial score (nSPS) is 15.2. The Morgan fingerprint density at radius 1 is 1.06 bits per heavy atom. The van der Waals surface area contributed by atoms with Gasteiger partial charge in [0.25, 0.3) is 0 Å². The molecule has 0 atom stereocenters. The third kappa shape index (κ3) is 8.56. The predicted molar refractivity (Wildman–Crippen MR) is 137 cm³/mol. The van der Waals surface area contributed by atoms with Gasteiger partial charge in [0.1, 0.15) is 18.4 Å². The average Bonchev–Trinajstić information content (AvgIpc) is 3.35. The third-order valence-corrected chi connectivity index (χ3v) is 5.92. The van der Waals surface area contributed by atoms with Gasteiger partial charge in [-0.2, -0.15) is 0 Å². The summed E-state index contributed by atoms with van der Waals surface area (Å²) in [5.41, 5.74) is 1.68. The molecule has 7 nitrogen and oxygen atoms in total.